The highest BCUT2D eigenvalue weighted by Gasteiger charge is 2.09. The van der Waals surface area contributed by atoms with E-state index >= 15 is 0 Å². The second-order valence-electron chi connectivity index (χ2n) is 4.96. The minimum atomic E-state index is 0.694. The molecule has 106 valence electrons. The highest BCUT2D eigenvalue weighted by Crippen LogP contribution is 2.21. The first-order valence-corrected chi connectivity index (χ1v) is 7.03. The Hall–Kier alpha value is -3.14. The van der Waals surface area contributed by atoms with Crippen LogP contribution in [-0.2, 0) is 0 Å². The van der Waals surface area contributed by atoms with E-state index in [2.05, 4.69) is 15.1 Å². The van der Waals surface area contributed by atoms with Crippen LogP contribution in [0.25, 0.3) is 34.7 Å². The van der Waals surface area contributed by atoms with E-state index in [4.69, 9.17) is 4.52 Å². The number of nitrogens with one attached hydrogen (secondary N) is 1. The molecular formula is C18H13N3O. The zero-order valence-electron chi connectivity index (χ0n) is 11.7. The summed E-state index contributed by atoms with van der Waals surface area (Å²) in [5.74, 6) is 1.41. The number of nitrogens with zero attached hydrogens (tertiary/aromatic N) is 2. The Morgan fingerprint density at radius 1 is 0.909 bits per heavy atom. The number of hydrogen-bond acceptors (Lipinski definition) is 3. The number of aromatic nitrogens is 3. The Morgan fingerprint density at radius 3 is 2.59 bits per heavy atom. The van der Waals surface area contributed by atoms with Crippen LogP contribution in [0.2, 0.25) is 0 Å². The number of imidazole rings is 1. The van der Waals surface area contributed by atoms with Gasteiger partial charge in [0, 0.05) is 6.07 Å². The number of benzene rings is 2. The molecule has 0 amide bonds. The Labute approximate surface area is 127 Å². The Kier molecular flexibility index (Phi) is 3.05. The van der Waals surface area contributed by atoms with Crippen LogP contribution in [0.4, 0.5) is 0 Å². The van der Waals surface area contributed by atoms with Crippen molar-refractivity contribution in [2.24, 2.45) is 0 Å². The lowest BCUT2D eigenvalue weighted by Crippen LogP contribution is -1.78. The molecule has 22 heavy (non-hydrogen) atoms. The lowest BCUT2D eigenvalue weighted by molar-refractivity contribution is 0.415. The summed E-state index contributed by atoms with van der Waals surface area (Å²) in [4.78, 5) is 7.75. The molecule has 4 heteroatoms. The van der Waals surface area contributed by atoms with Gasteiger partial charge in [0.1, 0.15) is 5.69 Å². The molecule has 4 aromatic rings. The van der Waals surface area contributed by atoms with Crippen LogP contribution in [0, 0.1) is 0 Å². The van der Waals surface area contributed by atoms with Crippen LogP contribution in [0.1, 0.15) is 11.3 Å². The van der Waals surface area contributed by atoms with E-state index < -0.39 is 0 Å². The number of fused-ring (bicyclic) bond motifs is 1. The lowest BCUT2D eigenvalue weighted by Gasteiger charge is -1.88. The third-order valence-corrected chi connectivity index (χ3v) is 3.40. The third kappa shape index (κ3) is 2.42. The van der Waals surface area contributed by atoms with Gasteiger partial charge in [-0.25, -0.2) is 4.98 Å². The Morgan fingerprint density at radius 2 is 1.73 bits per heavy atom. The van der Waals surface area contributed by atoms with Gasteiger partial charge in [-0.15, -0.1) is 0 Å². The molecule has 4 rings (SSSR count). The van der Waals surface area contributed by atoms with Crippen LogP contribution in [0.3, 0.4) is 0 Å². The number of hydrogen-bond donors (Lipinski definition) is 1. The van der Waals surface area contributed by atoms with Crippen molar-refractivity contribution in [2.75, 3.05) is 0 Å². The SMILES string of the molecule is C(=C\c1cc(-c2nc3ccccc3[nH]2)no1)/c1ccccc1. The molecule has 0 aliphatic heterocycles. The maximum absolute atomic E-state index is 5.34. The van der Waals surface area contributed by atoms with E-state index in [0.717, 1.165) is 16.6 Å². The van der Waals surface area contributed by atoms with E-state index in [0.29, 0.717) is 17.3 Å². The van der Waals surface area contributed by atoms with E-state index in [1.165, 1.54) is 0 Å². The minimum absolute atomic E-state index is 0.694. The second-order valence-corrected chi connectivity index (χ2v) is 4.96. The Balaban J connectivity index is 1.62. The van der Waals surface area contributed by atoms with Crippen LogP contribution in [0.5, 0.6) is 0 Å². The van der Waals surface area contributed by atoms with Crippen LogP contribution in [-0.4, -0.2) is 15.1 Å². The molecule has 1 N–H and O–H groups in total. The molecule has 0 saturated carbocycles. The van der Waals surface area contributed by atoms with Crippen molar-refractivity contribution in [1.29, 1.82) is 0 Å². The van der Waals surface area contributed by atoms with Crippen molar-refractivity contribution in [2.45, 2.75) is 0 Å². The van der Waals surface area contributed by atoms with Gasteiger partial charge in [-0.05, 0) is 23.8 Å². The first-order chi connectivity index (χ1) is 10.9. The standard InChI is InChI=1S/C18H13N3O/c1-2-6-13(7-3-1)10-11-14-12-17(21-22-14)18-19-15-8-4-5-9-16(15)20-18/h1-12H,(H,19,20)/b11-10+. The van der Waals surface area contributed by atoms with Crippen molar-refractivity contribution >= 4 is 23.2 Å². The van der Waals surface area contributed by atoms with E-state index in [1.54, 1.807) is 0 Å². The average Bonchev–Trinajstić information content (AvgIpc) is 3.20. The molecule has 0 saturated heterocycles. The monoisotopic (exact) mass is 287 g/mol. The molecule has 4 nitrogen and oxygen atoms in total. The first kappa shape index (κ1) is 12.6. The summed E-state index contributed by atoms with van der Waals surface area (Å²) in [5, 5.41) is 4.07. The quantitative estimate of drug-likeness (QED) is 0.608. The molecule has 0 radical (unpaired) electrons. The van der Waals surface area contributed by atoms with Crippen molar-refractivity contribution in [3.8, 4) is 11.5 Å². The lowest BCUT2D eigenvalue weighted by atomic mass is 10.2. The topological polar surface area (TPSA) is 54.7 Å². The maximum atomic E-state index is 5.34. The van der Waals surface area contributed by atoms with E-state index in [-0.39, 0.29) is 0 Å². The zero-order chi connectivity index (χ0) is 14.8. The highest BCUT2D eigenvalue weighted by atomic mass is 16.5. The summed E-state index contributed by atoms with van der Waals surface area (Å²) in [5.41, 5.74) is 3.72. The first-order valence-electron chi connectivity index (χ1n) is 7.03. The Bertz CT molecular complexity index is 902. The molecule has 0 atom stereocenters. The van der Waals surface area contributed by atoms with Crippen molar-refractivity contribution < 1.29 is 4.52 Å². The largest absolute Gasteiger partial charge is 0.356 e. The number of aromatic amines is 1. The van der Waals surface area contributed by atoms with Crippen LogP contribution >= 0.6 is 0 Å². The second kappa shape index (κ2) is 5.33. The van der Waals surface area contributed by atoms with Gasteiger partial charge < -0.3 is 9.51 Å². The average molecular weight is 287 g/mol. The summed E-state index contributed by atoms with van der Waals surface area (Å²) < 4.78 is 5.34. The van der Waals surface area contributed by atoms with Gasteiger partial charge in [0.2, 0.25) is 0 Å². The molecule has 0 aliphatic carbocycles. The molecule has 0 unspecified atom stereocenters. The third-order valence-electron chi connectivity index (χ3n) is 3.40. The van der Waals surface area contributed by atoms with Gasteiger partial charge in [0.25, 0.3) is 0 Å². The number of rotatable bonds is 3. The molecule has 0 fully saturated rings. The van der Waals surface area contributed by atoms with E-state index in [9.17, 15) is 0 Å². The molecular weight excluding hydrogens is 274 g/mol. The maximum Gasteiger partial charge on any atom is 0.160 e. The molecule has 2 aromatic carbocycles. The molecule has 0 spiro atoms. The van der Waals surface area contributed by atoms with Crippen molar-refractivity contribution in [1.82, 2.24) is 15.1 Å². The minimum Gasteiger partial charge on any atom is -0.356 e. The van der Waals surface area contributed by atoms with Gasteiger partial charge in [-0.2, -0.15) is 0 Å². The van der Waals surface area contributed by atoms with Crippen LogP contribution in [0.15, 0.2) is 65.2 Å². The molecule has 0 aliphatic rings. The van der Waals surface area contributed by atoms with E-state index in [1.807, 2.05) is 72.8 Å². The summed E-state index contributed by atoms with van der Waals surface area (Å²) in [6.07, 6.45) is 3.89. The van der Waals surface area contributed by atoms with Gasteiger partial charge in [-0.1, -0.05) is 53.7 Å². The zero-order valence-corrected chi connectivity index (χ0v) is 11.7. The van der Waals surface area contributed by atoms with Gasteiger partial charge in [0.15, 0.2) is 11.6 Å². The highest BCUT2D eigenvalue weighted by molar-refractivity contribution is 5.79. The fourth-order valence-corrected chi connectivity index (χ4v) is 2.30. The van der Waals surface area contributed by atoms with Crippen molar-refractivity contribution in [3.63, 3.8) is 0 Å². The smallest absolute Gasteiger partial charge is 0.160 e. The summed E-state index contributed by atoms with van der Waals surface area (Å²) in [7, 11) is 0. The molecule has 2 heterocycles. The summed E-state index contributed by atoms with van der Waals surface area (Å²) in [6.45, 7) is 0. The summed E-state index contributed by atoms with van der Waals surface area (Å²) in [6, 6.07) is 19.8. The van der Waals surface area contributed by atoms with Gasteiger partial charge >= 0.3 is 0 Å². The fourth-order valence-electron chi connectivity index (χ4n) is 2.30. The number of para-hydroxylation sites is 2. The predicted octanol–water partition coefficient (Wildman–Crippen LogP) is 4.39. The normalized spacial score (nSPS) is 11.5. The van der Waals surface area contributed by atoms with Gasteiger partial charge in [-0.3, -0.25) is 0 Å². The van der Waals surface area contributed by atoms with Crippen molar-refractivity contribution in [3.05, 3.63) is 72.0 Å². The van der Waals surface area contributed by atoms with Crippen LogP contribution < -0.4 is 0 Å². The predicted molar refractivity (Wildman–Crippen MR) is 87.0 cm³/mol. The summed E-state index contributed by atoms with van der Waals surface area (Å²) >= 11 is 0. The molecule has 0 bridgehead atoms. The number of H-pyrrole nitrogens is 1. The van der Waals surface area contributed by atoms with Gasteiger partial charge in [0.05, 0.1) is 11.0 Å². The fraction of sp³-hybridized carbons (Fsp3) is 0. The molecule has 2 aromatic heterocycles.